The molecule has 0 atom stereocenters. The number of fused-ring (bicyclic) bond motifs is 1. The van der Waals surface area contributed by atoms with Gasteiger partial charge in [-0.3, -0.25) is 4.79 Å². The third kappa shape index (κ3) is 2.27. The molecule has 0 aromatic carbocycles. The molecule has 1 amide bonds. The van der Waals surface area contributed by atoms with Crippen molar-refractivity contribution in [2.45, 2.75) is 19.9 Å². The number of amides is 1. The van der Waals surface area contributed by atoms with Gasteiger partial charge in [0, 0.05) is 16.8 Å². The number of aromatic nitrogens is 4. The maximum atomic E-state index is 11.9. The normalized spacial score (nSPS) is 11.2. The van der Waals surface area contributed by atoms with Crippen LogP contribution in [0.1, 0.15) is 30.4 Å². The van der Waals surface area contributed by atoms with Crippen LogP contribution in [0.3, 0.4) is 0 Å². The fraction of sp³-hybridized carbons (Fsp3) is 0.231. The van der Waals surface area contributed by atoms with E-state index in [1.54, 1.807) is 23.3 Å². The minimum atomic E-state index is -0.233. The monoisotopic (exact) mass is 287 g/mol. The number of hydrogen-bond donors (Lipinski definition) is 1. The molecule has 3 rings (SSSR count). The van der Waals surface area contributed by atoms with Crippen LogP contribution in [0.25, 0.3) is 11.0 Å². The first-order chi connectivity index (χ1) is 9.65. The zero-order valence-corrected chi connectivity index (χ0v) is 11.9. The molecule has 0 saturated heterocycles. The SMILES string of the molecule is CC(C)n1ncc2cc(NC(=O)c3cscn3)cnc21. The van der Waals surface area contributed by atoms with Crippen molar-refractivity contribution in [1.82, 2.24) is 19.7 Å². The van der Waals surface area contributed by atoms with Crippen LogP contribution in [0.15, 0.2) is 29.4 Å². The number of pyridine rings is 1. The Kier molecular flexibility index (Phi) is 3.19. The molecule has 0 aliphatic rings. The predicted molar refractivity (Wildman–Crippen MR) is 78.0 cm³/mol. The molecule has 102 valence electrons. The molecule has 3 heterocycles. The number of carbonyl (C=O) groups is 1. The van der Waals surface area contributed by atoms with E-state index in [1.165, 1.54) is 11.3 Å². The van der Waals surface area contributed by atoms with Gasteiger partial charge in [0.1, 0.15) is 5.69 Å². The Bertz CT molecular complexity index is 747. The van der Waals surface area contributed by atoms with Crippen molar-refractivity contribution in [3.63, 3.8) is 0 Å². The van der Waals surface area contributed by atoms with Crippen LogP contribution >= 0.6 is 11.3 Å². The van der Waals surface area contributed by atoms with E-state index >= 15 is 0 Å². The van der Waals surface area contributed by atoms with Crippen molar-refractivity contribution in [2.75, 3.05) is 5.32 Å². The van der Waals surface area contributed by atoms with Crippen LogP contribution < -0.4 is 5.32 Å². The van der Waals surface area contributed by atoms with Crippen LogP contribution in [0, 0.1) is 0 Å². The highest BCUT2D eigenvalue weighted by Crippen LogP contribution is 2.19. The van der Waals surface area contributed by atoms with Gasteiger partial charge in [-0.05, 0) is 19.9 Å². The maximum absolute atomic E-state index is 11.9. The van der Waals surface area contributed by atoms with E-state index < -0.39 is 0 Å². The summed E-state index contributed by atoms with van der Waals surface area (Å²) in [4.78, 5) is 20.2. The predicted octanol–water partition coefficient (Wildman–Crippen LogP) is 2.72. The molecule has 0 spiro atoms. The molecule has 7 heteroatoms. The lowest BCUT2D eigenvalue weighted by atomic mass is 10.3. The molecule has 6 nitrogen and oxygen atoms in total. The molecule has 0 aliphatic heterocycles. The van der Waals surface area contributed by atoms with Crippen LogP contribution in [0.4, 0.5) is 5.69 Å². The van der Waals surface area contributed by atoms with Gasteiger partial charge in [0.25, 0.3) is 5.91 Å². The topological polar surface area (TPSA) is 72.7 Å². The van der Waals surface area contributed by atoms with E-state index in [4.69, 9.17) is 0 Å². The number of thiazole rings is 1. The van der Waals surface area contributed by atoms with Crippen LogP contribution in [0.2, 0.25) is 0 Å². The fourth-order valence-corrected chi connectivity index (χ4v) is 2.44. The van der Waals surface area contributed by atoms with Crippen molar-refractivity contribution in [3.05, 3.63) is 35.0 Å². The average molecular weight is 287 g/mol. The van der Waals surface area contributed by atoms with Gasteiger partial charge >= 0.3 is 0 Å². The molecule has 0 aliphatic carbocycles. The van der Waals surface area contributed by atoms with Crippen molar-refractivity contribution in [1.29, 1.82) is 0 Å². The largest absolute Gasteiger partial charge is 0.319 e. The summed E-state index contributed by atoms with van der Waals surface area (Å²) in [5.41, 5.74) is 3.49. The zero-order chi connectivity index (χ0) is 14.1. The van der Waals surface area contributed by atoms with E-state index in [-0.39, 0.29) is 11.9 Å². The third-order valence-corrected chi connectivity index (χ3v) is 3.43. The molecule has 20 heavy (non-hydrogen) atoms. The van der Waals surface area contributed by atoms with Gasteiger partial charge in [-0.1, -0.05) is 0 Å². The highest BCUT2D eigenvalue weighted by atomic mass is 32.1. The van der Waals surface area contributed by atoms with Gasteiger partial charge < -0.3 is 5.32 Å². The molecule has 0 unspecified atom stereocenters. The minimum absolute atomic E-state index is 0.233. The third-order valence-electron chi connectivity index (χ3n) is 2.85. The summed E-state index contributed by atoms with van der Waals surface area (Å²) < 4.78 is 1.85. The van der Waals surface area contributed by atoms with Gasteiger partial charge in [0.05, 0.1) is 23.6 Å². The second-order valence-corrected chi connectivity index (χ2v) is 5.37. The lowest BCUT2D eigenvalue weighted by molar-refractivity contribution is 0.102. The van der Waals surface area contributed by atoms with Crippen molar-refractivity contribution in [2.24, 2.45) is 0 Å². The molecule has 0 bridgehead atoms. The fourth-order valence-electron chi connectivity index (χ4n) is 1.91. The summed E-state index contributed by atoms with van der Waals surface area (Å²) in [7, 11) is 0. The summed E-state index contributed by atoms with van der Waals surface area (Å²) in [6.45, 7) is 4.10. The standard InChI is InChI=1S/C13H13N5OS/c1-8(2)18-12-9(4-16-18)3-10(5-14-12)17-13(19)11-6-20-7-15-11/h3-8H,1-2H3,(H,17,19). The van der Waals surface area contributed by atoms with Gasteiger partial charge in [0.15, 0.2) is 5.65 Å². The number of anilines is 1. The number of rotatable bonds is 3. The smallest absolute Gasteiger partial charge is 0.275 e. The van der Waals surface area contributed by atoms with Crippen LogP contribution in [0.5, 0.6) is 0 Å². The van der Waals surface area contributed by atoms with Crippen molar-refractivity contribution < 1.29 is 4.79 Å². The molecular formula is C13H13N5OS. The summed E-state index contributed by atoms with van der Waals surface area (Å²) in [6, 6.07) is 2.11. The Balaban J connectivity index is 1.88. The summed E-state index contributed by atoms with van der Waals surface area (Å²) in [6.07, 6.45) is 3.38. The Morgan fingerprint density at radius 1 is 1.35 bits per heavy atom. The molecule has 3 aromatic rings. The van der Waals surface area contributed by atoms with Crippen molar-refractivity contribution in [3.8, 4) is 0 Å². The van der Waals surface area contributed by atoms with E-state index in [1.807, 2.05) is 24.6 Å². The van der Waals surface area contributed by atoms with Gasteiger partial charge in [-0.15, -0.1) is 11.3 Å². The number of carbonyl (C=O) groups excluding carboxylic acids is 1. The second kappa shape index (κ2) is 5.01. The Morgan fingerprint density at radius 3 is 2.90 bits per heavy atom. The highest BCUT2D eigenvalue weighted by Gasteiger charge is 2.11. The van der Waals surface area contributed by atoms with E-state index in [0.717, 1.165) is 11.0 Å². The van der Waals surface area contributed by atoms with E-state index in [0.29, 0.717) is 11.4 Å². The molecule has 0 fully saturated rings. The summed E-state index contributed by atoms with van der Waals surface area (Å²) in [5.74, 6) is -0.233. The lowest BCUT2D eigenvalue weighted by Gasteiger charge is -2.07. The summed E-state index contributed by atoms with van der Waals surface area (Å²) in [5, 5.41) is 9.68. The first-order valence-electron chi connectivity index (χ1n) is 6.18. The molecule has 1 N–H and O–H groups in total. The molecule has 0 saturated carbocycles. The molecule has 3 aromatic heterocycles. The zero-order valence-electron chi connectivity index (χ0n) is 11.1. The molecule has 0 radical (unpaired) electrons. The Morgan fingerprint density at radius 2 is 2.20 bits per heavy atom. The Labute approximate surface area is 119 Å². The van der Waals surface area contributed by atoms with E-state index in [9.17, 15) is 4.79 Å². The maximum Gasteiger partial charge on any atom is 0.275 e. The second-order valence-electron chi connectivity index (χ2n) is 4.65. The Hall–Kier alpha value is -2.28. The van der Waals surface area contributed by atoms with Gasteiger partial charge in [0.2, 0.25) is 0 Å². The van der Waals surface area contributed by atoms with Gasteiger partial charge in [-0.25, -0.2) is 14.6 Å². The minimum Gasteiger partial charge on any atom is -0.319 e. The summed E-state index contributed by atoms with van der Waals surface area (Å²) >= 11 is 1.39. The first kappa shape index (κ1) is 12.7. The number of nitrogens with zero attached hydrogens (tertiary/aromatic N) is 4. The van der Waals surface area contributed by atoms with Gasteiger partial charge in [-0.2, -0.15) is 5.10 Å². The van der Waals surface area contributed by atoms with Crippen molar-refractivity contribution >= 4 is 34.0 Å². The number of hydrogen-bond acceptors (Lipinski definition) is 5. The first-order valence-corrected chi connectivity index (χ1v) is 7.12. The lowest BCUT2D eigenvalue weighted by Crippen LogP contribution is -2.12. The molecular weight excluding hydrogens is 274 g/mol. The quantitative estimate of drug-likeness (QED) is 0.804. The van der Waals surface area contributed by atoms with E-state index in [2.05, 4.69) is 20.4 Å². The number of nitrogens with one attached hydrogen (secondary N) is 1. The van der Waals surface area contributed by atoms with Crippen LogP contribution in [-0.2, 0) is 0 Å². The average Bonchev–Trinajstić information content (AvgIpc) is 3.07. The highest BCUT2D eigenvalue weighted by molar-refractivity contribution is 7.07. The van der Waals surface area contributed by atoms with Crippen LogP contribution in [-0.4, -0.2) is 25.7 Å².